The zero-order valence-corrected chi connectivity index (χ0v) is 17.1. The van der Waals surface area contributed by atoms with Crippen molar-refractivity contribution in [2.45, 2.75) is 0 Å². The molecule has 0 radical (unpaired) electrons. The van der Waals surface area contributed by atoms with Gasteiger partial charge in [-0.3, -0.25) is 4.79 Å². The van der Waals surface area contributed by atoms with E-state index in [9.17, 15) is 9.59 Å². The van der Waals surface area contributed by atoms with Crippen molar-refractivity contribution in [1.82, 2.24) is 10.6 Å². The Morgan fingerprint density at radius 3 is 2.23 bits per heavy atom. The molecule has 3 N–H and O–H groups in total. The monoisotopic (exact) mass is 413 g/mol. The molecular formula is C25H23N3O3. The maximum atomic E-state index is 12.1. The number of hydrogen-bond acceptors (Lipinski definition) is 3. The first kappa shape index (κ1) is 21.5. The van der Waals surface area contributed by atoms with Gasteiger partial charge in [0.1, 0.15) is 5.75 Å². The predicted molar refractivity (Wildman–Crippen MR) is 121 cm³/mol. The van der Waals surface area contributed by atoms with E-state index in [2.05, 4.69) is 27.8 Å². The lowest BCUT2D eigenvalue weighted by Gasteiger charge is -2.09. The summed E-state index contributed by atoms with van der Waals surface area (Å²) in [6.45, 7) is 0.599. The van der Waals surface area contributed by atoms with Gasteiger partial charge in [-0.15, -0.1) is 0 Å². The predicted octanol–water partition coefficient (Wildman–Crippen LogP) is 3.65. The van der Waals surface area contributed by atoms with Crippen LogP contribution in [-0.2, 0) is 0 Å². The number of hydrogen-bond donors (Lipinski definition) is 3. The highest BCUT2D eigenvalue weighted by Crippen LogP contribution is 2.11. The fourth-order valence-corrected chi connectivity index (χ4v) is 2.71. The summed E-state index contributed by atoms with van der Waals surface area (Å²) in [7, 11) is 1.57. The number of benzene rings is 3. The molecular weight excluding hydrogens is 390 g/mol. The molecule has 0 aliphatic heterocycles. The highest BCUT2D eigenvalue weighted by atomic mass is 16.5. The molecule has 0 atom stereocenters. The minimum atomic E-state index is -0.355. The molecule has 0 unspecified atom stereocenters. The van der Waals surface area contributed by atoms with Gasteiger partial charge in [-0.05, 0) is 54.6 Å². The van der Waals surface area contributed by atoms with E-state index < -0.39 is 0 Å². The van der Waals surface area contributed by atoms with E-state index in [1.54, 1.807) is 43.5 Å². The molecule has 0 saturated carbocycles. The molecule has 0 saturated heterocycles. The second-order valence-corrected chi connectivity index (χ2v) is 6.56. The fraction of sp³-hybridized carbons (Fsp3) is 0.120. The van der Waals surface area contributed by atoms with Crippen LogP contribution in [0.4, 0.5) is 10.5 Å². The molecule has 0 aliphatic rings. The summed E-state index contributed by atoms with van der Waals surface area (Å²) in [5.41, 5.74) is 2.89. The molecule has 31 heavy (non-hydrogen) atoms. The number of urea groups is 1. The second kappa shape index (κ2) is 11.1. The van der Waals surface area contributed by atoms with Crippen LogP contribution in [0.3, 0.4) is 0 Å². The van der Waals surface area contributed by atoms with Crippen molar-refractivity contribution < 1.29 is 14.3 Å². The summed E-state index contributed by atoms with van der Waals surface area (Å²) in [6.07, 6.45) is 0. The summed E-state index contributed by atoms with van der Waals surface area (Å²) in [4.78, 5) is 24.2. The first-order valence-corrected chi connectivity index (χ1v) is 9.78. The molecule has 0 fully saturated rings. The minimum absolute atomic E-state index is 0.213. The summed E-state index contributed by atoms with van der Waals surface area (Å²) in [5, 5.41) is 8.24. The van der Waals surface area contributed by atoms with Crippen LogP contribution in [0.5, 0.6) is 5.75 Å². The van der Waals surface area contributed by atoms with Crippen molar-refractivity contribution in [1.29, 1.82) is 0 Å². The number of ether oxygens (including phenoxy) is 1. The Hall–Kier alpha value is -4.24. The maximum absolute atomic E-state index is 12.1. The summed E-state index contributed by atoms with van der Waals surface area (Å²) in [5.74, 6) is 6.65. The van der Waals surface area contributed by atoms with Crippen molar-refractivity contribution >= 4 is 17.6 Å². The van der Waals surface area contributed by atoms with Crippen molar-refractivity contribution in [3.8, 4) is 17.6 Å². The molecule has 156 valence electrons. The Kier molecular flexibility index (Phi) is 7.67. The number of methoxy groups -OCH3 is 1. The third kappa shape index (κ3) is 6.94. The van der Waals surface area contributed by atoms with Gasteiger partial charge in [0.2, 0.25) is 0 Å². The van der Waals surface area contributed by atoms with Gasteiger partial charge in [-0.1, -0.05) is 36.1 Å². The molecule has 3 amide bonds. The lowest BCUT2D eigenvalue weighted by atomic mass is 10.1. The van der Waals surface area contributed by atoms with Crippen molar-refractivity contribution in [2.24, 2.45) is 0 Å². The van der Waals surface area contributed by atoms with E-state index in [-0.39, 0.29) is 11.9 Å². The van der Waals surface area contributed by atoms with Crippen LogP contribution in [-0.4, -0.2) is 32.1 Å². The van der Waals surface area contributed by atoms with Gasteiger partial charge in [-0.25, -0.2) is 4.79 Å². The van der Waals surface area contributed by atoms with Crippen LogP contribution in [0.1, 0.15) is 21.5 Å². The molecule has 0 aliphatic carbocycles. The van der Waals surface area contributed by atoms with Gasteiger partial charge in [0.15, 0.2) is 0 Å². The molecule has 6 nitrogen and oxygen atoms in total. The van der Waals surface area contributed by atoms with E-state index in [1.165, 1.54) is 0 Å². The van der Waals surface area contributed by atoms with Crippen molar-refractivity contribution in [3.05, 3.63) is 95.6 Å². The van der Waals surface area contributed by atoms with E-state index in [4.69, 9.17) is 4.74 Å². The Balaban J connectivity index is 1.43. The number of rotatable bonds is 6. The quantitative estimate of drug-likeness (QED) is 0.426. The largest absolute Gasteiger partial charge is 0.497 e. The third-order valence-corrected chi connectivity index (χ3v) is 4.29. The van der Waals surface area contributed by atoms with Crippen molar-refractivity contribution in [2.75, 3.05) is 25.5 Å². The smallest absolute Gasteiger partial charge is 0.319 e. The third-order valence-electron chi connectivity index (χ3n) is 4.29. The highest BCUT2D eigenvalue weighted by molar-refractivity contribution is 5.94. The van der Waals surface area contributed by atoms with Gasteiger partial charge in [0, 0.05) is 35.5 Å². The van der Waals surface area contributed by atoms with Crippen molar-refractivity contribution in [3.63, 3.8) is 0 Å². The standard InChI is InChI=1S/C25H23N3O3/c1-31-23-14-12-21(13-15-23)24(29)26-16-17-27-25(30)28-22-9-5-8-20(18-22)11-10-19-6-3-2-4-7-19/h2-9,12-15,18H,16-17H2,1H3,(H,26,29)(H2,27,28,30). The van der Waals surface area contributed by atoms with Crippen LogP contribution >= 0.6 is 0 Å². The first-order chi connectivity index (χ1) is 15.1. The average Bonchev–Trinajstić information content (AvgIpc) is 2.81. The van der Waals surface area contributed by atoms with Crippen LogP contribution in [0.25, 0.3) is 0 Å². The lowest BCUT2D eigenvalue weighted by molar-refractivity contribution is 0.0954. The molecule has 3 aromatic rings. The first-order valence-electron chi connectivity index (χ1n) is 9.78. The number of nitrogens with one attached hydrogen (secondary N) is 3. The Bertz CT molecular complexity index is 1080. The van der Waals surface area contributed by atoms with Crippen LogP contribution in [0.2, 0.25) is 0 Å². The molecule has 0 aromatic heterocycles. The summed E-state index contributed by atoms with van der Waals surface area (Å²) >= 11 is 0. The van der Waals surface area contributed by atoms with Crippen LogP contribution in [0.15, 0.2) is 78.9 Å². The van der Waals surface area contributed by atoms with Gasteiger partial charge in [-0.2, -0.15) is 0 Å². The van der Waals surface area contributed by atoms with E-state index >= 15 is 0 Å². The highest BCUT2D eigenvalue weighted by Gasteiger charge is 2.06. The summed E-state index contributed by atoms with van der Waals surface area (Å²) < 4.78 is 5.07. The minimum Gasteiger partial charge on any atom is -0.497 e. The Labute approximate surface area is 181 Å². The summed E-state index contributed by atoms with van der Waals surface area (Å²) in [6, 6.07) is 23.5. The number of carbonyl (C=O) groups is 2. The lowest BCUT2D eigenvalue weighted by Crippen LogP contribution is -2.36. The SMILES string of the molecule is COc1ccc(C(=O)NCCNC(=O)Nc2cccc(C#Cc3ccccc3)c2)cc1. The molecule has 0 bridgehead atoms. The number of carbonyl (C=O) groups excluding carboxylic acids is 2. The zero-order valence-electron chi connectivity index (χ0n) is 17.1. The van der Waals surface area contributed by atoms with E-state index in [0.29, 0.717) is 30.1 Å². The maximum Gasteiger partial charge on any atom is 0.319 e. The zero-order chi connectivity index (χ0) is 21.9. The Morgan fingerprint density at radius 1 is 0.806 bits per heavy atom. The topological polar surface area (TPSA) is 79.5 Å². The van der Waals surface area contributed by atoms with E-state index in [1.807, 2.05) is 42.5 Å². The van der Waals surface area contributed by atoms with Gasteiger partial charge in [0.25, 0.3) is 5.91 Å². The van der Waals surface area contributed by atoms with Crippen LogP contribution < -0.4 is 20.7 Å². The normalized spacial score (nSPS) is 9.71. The fourth-order valence-electron chi connectivity index (χ4n) is 2.71. The molecule has 0 heterocycles. The van der Waals surface area contributed by atoms with Gasteiger partial charge >= 0.3 is 6.03 Å². The molecule has 3 rings (SSSR count). The molecule has 3 aromatic carbocycles. The van der Waals surface area contributed by atoms with Gasteiger partial charge in [0.05, 0.1) is 7.11 Å². The number of anilines is 1. The second-order valence-electron chi connectivity index (χ2n) is 6.56. The Morgan fingerprint density at radius 2 is 1.48 bits per heavy atom. The number of amides is 3. The average molecular weight is 413 g/mol. The molecule has 0 spiro atoms. The van der Waals surface area contributed by atoms with E-state index in [0.717, 1.165) is 11.1 Å². The molecule has 6 heteroatoms. The van der Waals surface area contributed by atoms with Crippen LogP contribution in [0, 0.1) is 11.8 Å². The van der Waals surface area contributed by atoms with Gasteiger partial charge < -0.3 is 20.7 Å².